The van der Waals surface area contributed by atoms with Gasteiger partial charge in [-0.2, -0.15) is 0 Å². The summed E-state index contributed by atoms with van der Waals surface area (Å²) in [4.78, 5) is 11.2. The predicted octanol–water partition coefficient (Wildman–Crippen LogP) is 1.56. The van der Waals surface area contributed by atoms with Gasteiger partial charge in [0.2, 0.25) is 0 Å². The molecule has 0 spiro atoms. The number of hydrogen-bond donors (Lipinski definition) is 2. The van der Waals surface area contributed by atoms with Gasteiger partial charge >= 0.3 is 5.63 Å². The fourth-order valence-corrected chi connectivity index (χ4v) is 1.74. The molecule has 14 heavy (non-hydrogen) atoms. The van der Waals surface area contributed by atoms with E-state index in [1.807, 2.05) is 24.3 Å². The molecule has 4 nitrogen and oxygen atoms in total. The molecule has 0 amide bonds. The summed E-state index contributed by atoms with van der Waals surface area (Å²) in [7, 11) is 0. The maximum atomic E-state index is 11.2. The van der Waals surface area contributed by atoms with E-state index in [1.54, 1.807) is 0 Å². The molecule has 4 heteroatoms. The number of anilines is 1. The zero-order valence-corrected chi connectivity index (χ0v) is 7.33. The van der Waals surface area contributed by atoms with Gasteiger partial charge < -0.3 is 9.84 Å². The third-order valence-electron chi connectivity index (χ3n) is 2.45. The Bertz CT molecular complexity index is 539. The Kier molecular flexibility index (Phi) is 1.33. The lowest BCUT2D eigenvalue weighted by molar-refractivity contribution is 0.392. The van der Waals surface area contributed by atoms with E-state index in [4.69, 9.17) is 4.52 Å². The minimum Gasteiger partial charge on any atom is -0.380 e. The Morgan fingerprint density at radius 3 is 3.07 bits per heavy atom. The van der Waals surface area contributed by atoms with Gasteiger partial charge in [-0.3, -0.25) is 0 Å². The van der Waals surface area contributed by atoms with E-state index in [2.05, 4.69) is 10.5 Å². The van der Waals surface area contributed by atoms with E-state index < -0.39 is 0 Å². The Labute approximate surface area is 79.5 Å². The van der Waals surface area contributed by atoms with Crippen LogP contribution in [0.1, 0.15) is 5.56 Å². The van der Waals surface area contributed by atoms with Crippen molar-refractivity contribution in [3.05, 3.63) is 40.2 Å². The second kappa shape index (κ2) is 2.51. The van der Waals surface area contributed by atoms with Crippen molar-refractivity contribution in [2.24, 2.45) is 0 Å². The molecule has 0 bridgehead atoms. The van der Waals surface area contributed by atoms with Crippen LogP contribution in [0.3, 0.4) is 0 Å². The van der Waals surface area contributed by atoms with Gasteiger partial charge in [0.05, 0.1) is 11.3 Å². The van der Waals surface area contributed by atoms with Gasteiger partial charge in [-0.15, -0.1) is 0 Å². The summed E-state index contributed by atoms with van der Waals surface area (Å²) in [5.74, 6) is 0. The van der Waals surface area contributed by atoms with Crippen molar-refractivity contribution in [2.75, 3.05) is 5.32 Å². The molecular weight excluding hydrogens is 180 g/mol. The zero-order chi connectivity index (χ0) is 9.54. The first-order valence-corrected chi connectivity index (χ1v) is 4.40. The van der Waals surface area contributed by atoms with Crippen LogP contribution in [0, 0.1) is 0 Å². The number of H-pyrrole nitrogens is 1. The lowest BCUT2D eigenvalue weighted by atomic mass is 10.0. The van der Waals surface area contributed by atoms with Gasteiger partial charge in [-0.05, 0) is 6.07 Å². The van der Waals surface area contributed by atoms with Crippen molar-refractivity contribution in [3.8, 4) is 11.3 Å². The first-order chi connectivity index (χ1) is 6.86. The van der Waals surface area contributed by atoms with Crippen LogP contribution in [0.4, 0.5) is 5.69 Å². The van der Waals surface area contributed by atoms with E-state index in [1.165, 1.54) is 0 Å². The van der Waals surface area contributed by atoms with Crippen molar-refractivity contribution >= 4 is 5.69 Å². The normalized spacial score (nSPS) is 12.9. The minimum absolute atomic E-state index is 0.290. The number of hydrogen-bond acceptors (Lipinski definition) is 3. The number of aromatic amines is 1. The third-order valence-corrected chi connectivity index (χ3v) is 2.45. The summed E-state index contributed by atoms with van der Waals surface area (Å²) < 4.78 is 4.75. The van der Waals surface area contributed by atoms with Crippen LogP contribution >= 0.6 is 0 Å². The molecule has 0 aliphatic carbocycles. The number of fused-ring (bicyclic) bond motifs is 3. The molecule has 1 aliphatic heterocycles. The lowest BCUT2D eigenvalue weighted by Crippen LogP contribution is -2.13. The van der Waals surface area contributed by atoms with Crippen LogP contribution in [-0.4, -0.2) is 5.16 Å². The summed E-state index contributed by atoms with van der Waals surface area (Å²) in [6.07, 6.45) is 0. The first kappa shape index (κ1) is 7.44. The number of para-hydroxylation sites is 1. The second-order valence-corrected chi connectivity index (χ2v) is 3.24. The molecule has 0 atom stereocenters. The molecule has 0 saturated carbocycles. The minimum atomic E-state index is -0.290. The highest BCUT2D eigenvalue weighted by Gasteiger charge is 2.20. The standard InChI is InChI=1S/C10H8N2O2/c13-10-7-5-11-8-4-2-1-3-6(8)9(7)12-14-10/h1-4,11-12H,5H2. The average molecular weight is 188 g/mol. The topological polar surface area (TPSA) is 58.0 Å². The van der Waals surface area contributed by atoms with Crippen LogP contribution in [0.2, 0.25) is 0 Å². The molecule has 0 radical (unpaired) electrons. The molecule has 0 fully saturated rings. The molecule has 1 aromatic heterocycles. The molecule has 3 rings (SSSR count). The summed E-state index contributed by atoms with van der Waals surface area (Å²) in [5, 5.41) is 5.82. The van der Waals surface area contributed by atoms with E-state index in [0.717, 1.165) is 16.9 Å². The lowest BCUT2D eigenvalue weighted by Gasteiger charge is -2.15. The van der Waals surface area contributed by atoms with E-state index in [0.29, 0.717) is 12.1 Å². The predicted molar refractivity (Wildman–Crippen MR) is 52.1 cm³/mol. The maximum absolute atomic E-state index is 11.2. The Hall–Kier alpha value is -1.97. The van der Waals surface area contributed by atoms with Crippen LogP contribution in [-0.2, 0) is 6.54 Å². The van der Waals surface area contributed by atoms with Crippen molar-refractivity contribution < 1.29 is 4.52 Å². The second-order valence-electron chi connectivity index (χ2n) is 3.24. The smallest absolute Gasteiger partial charge is 0.362 e. The fraction of sp³-hybridized carbons (Fsp3) is 0.100. The monoisotopic (exact) mass is 188 g/mol. The van der Waals surface area contributed by atoms with Gasteiger partial charge in [0.1, 0.15) is 0 Å². The molecule has 1 aliphatic rings. The molecule has 0 saturated heterocycles. The maximum Gasteiger partial charge on any atom is 0.362 e. The van der Waals surface area contributed by atoms with Crippen LogP contribution in [0.15, 0.2) is 33.6 Å². The zero-order valence-electron chi connectivity index (χ0n) is 7.33. The third kappa shape index (κ3) is 0.849. The van der Waals surface area contributed by atoms with Crippen molar-refractivity contribution in [1.29, 1.82) is 0 Å². The number of rotatable bonds is 0. The Balaban J connectivity index is 2.34. The van der Waals surface area contributed by atoms with E-state index in [9.17, 15) is 4.79 Å². The van der Waals surface area contributed by atoms with Crippen LogP contribution in [0.5, 0.6) is 0 Å². The molecule has 2 N–H and O–H groups in total. The Morgan fingerprint density at radius 2 is 2.14 bits per heavy atom. The summed E-state index contributed by atoms with van der Waals surface area (Å²) >= 11 is 0. The van der Waals surface area contributed by atoms with Crippen LogP contribution < -0.4 is 10.9 Å². The van der Waals surface area contributed by atoms with Gasteiger partial charge in [0.25, 0.3) is 0 Å². The molecule has 70 valence electrons. The quantitative estimate of drug-likeness (QED) is 0.659. The number of benzene rings is 1. The Morgan fingerprint density at radius 1 is 1.29 bits per heavy atom. The van der Waals surface area contributed by atoms with Crippen molar-refractivity contribution in [3.63, 3.8) is 0 Å². The van der Waals surface area contributed by atoms with E-state index >= 15 is 0 Å². The highest BCUT2D eigenvalue weighted by molar-refractivity contribution is 5.79. The highest BCUT2D eigenvalue weighted by Crippen LogP contribution is 2.32. The summed E-state index contributed by atoms with van der Waals surface area (Å²) in [5.41, 5.74) is 3.19. The highest BCUT2D eigenvalue weighted by atomic mass is 16.5. The molecular formula is C10H8N2O2. The molecule has 1 aromatic carbocycles. The number of aromatic nitrogens is 1. The molecule has 2 heterocycles. The number of nitrogens with one attached hydrogen (secondary N) is 2. The van der Waals surface area contributed by atoms with Gasteiger partial charge in [0, 0.05) is 17.8 Å². The largest absolute Gasteiger partial charge is 0.380 e. The first-order valence-electron chi connectivity index (χ1n) is 4.40. The van der Waals surface area contributed by atoms with Gasteiger partial charge in [-0.1, -0.05) is 18.2 Å². The summed E-state index contributed by atoms with van der Waals surface area (Å²) in [6.45, 7) is 0.526. The average Bonchev–Trinajstić information content (AvgIpc) is 2.61. The SMILES string of the molecule is O=c1o[nH]c2c1CNc1ccccc1-2. The van der Waals surface area contributed by atoms with Crippen molar-refractivity contribution in [1.82, 2.24) is 5.16 Å². The summed E-state index contributed by atoms with van der Waals surface area (Å²) in [6, 6.07) is 7.81. The van der Waals surface area contributed by atoms with E-state index in [-0.39, 0.29) is 5.63 Å². The van der Waals surface area contributed by atoms with Crippen LogP contribution in [0.25, 0.3) is 11.3 Å². The van der Waals surface area contributed by atoms with Crippen molar-refractivity contribution in [2.45, 2.75) is 6.54 Å². The van der Waals surface area contributed by atoms with Gasteiger partial charge in [0.15, 0.2) is 0 Å². The fourth-order valence-electron chi connectivity index (χ4n) is 1.74. The molecule has 2 aromatic rings. The molecule has 0 unspecified atom stereocenters. The van der Waals surface area contributed by atoms with Gasteiger partial charge in [-0.25, -0.2) is 9.95 Å².